The molecule has 1 amide bonds. The van der Waals surface area contributed by atoms with E-state index < -0.39 is 15.9 Å². The van der Waals surface area contributed by atoms with Crippen LogP contribution in [0.3, 0.4) is 0 Å². The van der Waals surface area contributed by atoms with Gasteiger partial charge in [-0.2, -0.15) is 9.90 Å². The summed E-state index contributed by atoms with van der Waals surface area (Å²) in [6, 6.07) is 8.92. The number of carbonyl (C=O) groups is 1. The van der Waals surface area contributed by atoms with Gasteiger partial charge in [0.2, 0.25) is 0 Å². The zero-order chi connectivity index (χ0) is 17.3. The third-order valence-electron chi connectivity index (χ3n) is 3.18. The number of carbonyl (C=O) groups excluding carboxylic acids is 1. The van der Waals surface area contributed by atoms with Crippen LogP contribution in [0.4, 0.5) is 0 Å². The molecule has 0 saturated carbocycles. The van der Waals surface area contributed by atoms with Crippen LogP contribution in [-0.4, -0.2) is 34.5 Å². The van der Waals surface area contributed by atoms with E-state index >= 15 is 0 Å². The van der Waals surface area contributed by atoms with Crippen molar-refractivity contribution in [2.75, 3.05) is 0 Å². The molecule has 0 fully saturated rings. The fraction of sp³-hybridized carbons (Fsp3) is 0.143. The molecule has 10 heteroatoms. The molecule has 0 unspecified atom stereocenters. The zero-order valence-electron chi connectivity index (χ0n) is 12.8. The number of hydrogen-bond acceptors (Lipinski definition) is 7. The molecule has 0 aliphatic heterocycles. The van der Waals surface area contributed by atoms with Gasteiger partial charge in [-0.1, -0.05) is 23.4 Å². The van der Waals surface area contributed by atoms with E-state index in [4.69, 9.17) is 4.52 Å². The van der Waals surface area contributed by atoms with Crippen LogP contribution in [0.25, 0.3) is 5.69 Å². The topological polar surface area (TPSA) is 120 Å². The van der Waals surface area contributed by atoms with Gasteiger partial charge in [0.25, 0.3) is 15.9 Å². The van der Waals surface area contributed by atoms with Crippen molar-refractivity contribution < 1.29 is 17.7 Å². The minimum absolute atomic E-state index is 0.0979. The molecule has 1 aromatic carbocycles. The van der Waals surface area contributed by atoms with Gasteiger partial charge >= 0.3 is 0 Å². The van der Waals surface area contributed by atoms with Crippen LogP contribution in [0.5, 0.6) is 0 Å². The van der Waals surface area contributed by atoms with Crippen molar-refractivity contribution in [3.8, 4) is 5.69 Å². The fourth-order valence-electron chi connectivity index (χ4n) is 2.14. The van der Waals surface area contributed by atoms with E-state index in [1.165, 1.54) is 24.8 Å². The number of hydrogen-bond donors (Lipinski definition) is 1. The van der Waals surface area contributed by atoms with Crippen LogP contribution >= 0.6 is 0 Å². The lowest BCUT2D eigenvalue weighted by molar-refractivity contribution is 0.0976. The van der Waals surface area contributed by atoms with Crippen molar-refractivity contribution in [3.63, 3.8) is 0 Å². The number of benzene rings is 1. The highest BCUT2D eigenvalue weighted by Crippen LogP contribution is 2.18. The molecule has 3 aromatic rings. The van der Waals surface area contributed by atoms with Crippen molar-refractivity contribution in [2.24, 2.45) is 0 Å². The van der Waals surface area contributed by atoms with Gasteiger partial charge in [0.15, 0.2) is 16.3 Å². The maximum absolute atomic E-state index is 12.3. The number of nitrogens with one attached hydrogen (secondary N) is 1. The van der Waals surface area contributed by atoms with Crippen molar-refractivity contribution in [1.29, 1.82) is 0 Å². The van der Waals surface area contributed by atoms with Gasteiger partial charge < -0.3 is 4.52 Å². The molecule has 124 valence electrons. The summed E-state index contributed by atoms with van der Waals surface area (Å²) in [5.41, 5.74) is 0.681. The van der Waals surface area contributed by atoms with Crippen molar-refractivity contribution in [2.45, 2.75) is 18.7 Å². The van der Waals surface area contributed by atoms with Crippen LogP contribution in [0.2, 0.25) is 0 Å². The molecule has 0 spiro atoms. The maximum atomic E-state index is 12.3. The second-order valence-corrected chi connectivity index (χ2v) is 6.56. The van der Waals surface area contributed by atoms with E-state index in [9.17, 15) is 13.2 Å². The molecule has 0 atom stereocenters. The number of para-hydroxylation sites is 1. The molecular formula is C14H13N5O4S. The molecular weight excluding hydrogens is 334 g/mol. The van der Waals surface area contributed by atoms with Gasteiger partial charge in [0, 0.05) is 0 Å². The monoisotopic (exact) mass is 347 g/mol. The molecule has 0 aliphatic carbocycles. The molecule has 24 heavy (non-hydrogen) atoms. The first-order chi connectivity index (χ1) is 11.4. The average Bonchev–Trinajstić information content (AvgIpc) is 3.15. The molecule has 1 N–H and O–H groups in total. The second-order valence-electron chi connectivity index (χ2n) is 4.94. The van der Waals surface area contributed by atoms with Crippen molar-refractivity contribution >= 4 is 15.9 Å². The minimum Gasteiger partial charge on any atom is -0.360 e. The van der Waals surface area contributed by atoms with Gasteiger partial charge in [-0.15, -0.1) is 5.10 Å². The largest absolute Gasteiger partial charge is 0.360 e. The summed E-state index contributed by atoms with van der Waals surface area (Å²) in [6.45, 7) is 2.92. The minimum atomic E-state index is -4.11. The fourth-order valence-corrected chi connectivity index (χ4v) is 3.43. The van der Waals surface area contributed by atoms with E-state index in [0.29, 0.717) is 5.69 Å². The number of aromatic nitrogens is 4. The number of sulfonamides is 1. The van der Waals surface area contributed by atoms with Crippen LogP contribution in [0.15, 0.2) is 45.9 Å². The molecule has 0 radical (unpaired) electrons. The zero-order valence-corrected chi connectivity index (χ0v) is 13.6. The van der Waals surface area contributed by atoms with Gasteiger partial charge in [0.05, 0.1) is 11.9 Å². The second kappa shape index (κ2) is 5.89. The molecule has 2 heterocycles. The first-order valence-corrected chi connectivity index (χ1v) is 8.34. The molecule has 0 aliphatic rings. The van der Waals surface area contributed by atoms with E-state index in [-0.39, 0.29) is 22.0 Å². The predicted molar refractivity (Wildman–Crippen MR) is 82.0 cm³/mol. The van der Waals surface area contributed by atoms with Gasteiger partial charge in [-0.3, -0.25) is 4.79 Å². The van der Waals surface area contributed by atoms with E-state index in [2.05, 4.69) is 15.4 Å². The van der Waals surface area contributed by atoms with Crippen molar-refractivity contribution in [3.05, 3.63) is 53.7 Å². The smallest absolute Gasteiger partial charge is 0.287 e. The summed E-state index contributed by atoms with van der Waals surface area (Å²) < 4.78 is 31.4. The average molecular weight is 347 g/mol. The van der Waals surface area contributed by atoms with Gasteiger partial charge in [-0.25, -0.2) is 13.1 Å². The summed E-state index contributed by atoms with van der Waals surface area (Å²) in [4.78, 5) is 13.2. The highest BCUT2D eigenvalue weighted by atomic mass is 32.2. The highest BCUT2D eigenvalue weighted by Gasteiger charge is 2.27. The SMILES string of the molecule is Cc1noc(C)c1S(=O)(=O)NC(=O)c1cnn(-c2ccccc2)n1. The van der Waals surface area contributed by atoms with Crippen LogP contribution in [0, 0.1) is 13.8 Å². The standard InChI is InChI=1S/C14H13N5O4S/c1-9-13(10(2)23-17-9)24(21,22)18-14(20)12-8-15-19(16-12)11-6-4-3-5-7-11/h3-8H,1-2H3,(H,18,20). The van der Waals surface area contributed by atoms with E-state index in [0.717, 1.165) is 0 Å². The maximum Gasteiger partial charge on any atom is 0.287 e. The first kappa shape index (κ1) is 15.9. The molecule has 9 nitrogen and oxygen atoms in total. The Morgan fingerprint density at radius 1 is 1.21 bits per heavy atom. The lowest BCUT2D eigenvalue weighted by Gasteiger charge is -2.04. The lowest BCUT2D eigenvalue weighted by atomic mass is 10.3. The third kappa shape index (κ3) is 2.91. The van der Waals surface area contributed by atoms with Crippen LogP contribution in [-0.2, 0) is 10.0 Å². The first-order valence-electron chi connectivity index (χ1n) is 6.86. The number of aryl methyl sites for hydroxylation is 2. The summed E-state index contributed by atoms with van der Waals surface area (Å²) in [6.07, 6.45) is 1.19. The lowest BCUT2D eigenvalue weighted by Crippen LogP contribution is -2.31. The Labute approximate surface area is 137 Å². The van der Waals surface area contributed by atoms with Gasteiger partial charge in [-0.05, 0) is 26.0 Å². The van der Waals surface area contributed by atoms with E-state index in [1.54, 1.807) is 24.3 Å². The molecule has 0 bridgehead atoms. The van der Waals surface area contributed by atoms with Gasteiger partial charge in [0.1, 0.15) is 5.69 Å². The number of nitrogens with zero attached hydrogens (tertiary/aromatic N) is 4. The Kier molecular flexibility index (Phi) is 3.89. The van der Waals surface area contributed by atoms with E-state index in [1.807, 2.05) is 10.8 Å². The summed E-state index contributed by atoms with van der Waals surface area (Å²) in [5, 5.41) is 11.5. The molecule has 3 rings (SSSR count). The Bertz CT molecular complexity index is 972. The van der Waals surface area contributed by atoms with Crippen LogP contribution in [0.1, 0.15) is 21.9 Å². The normalized spacial score (nSPS) is 11.4. The molecule has 2 aromatic heterocycles. The Morgan fingerprint density at radius 2 is 1.92 bits per heavy atom. The Balaban J connectivity index is 1.85. The van der Waals surface area contributed by atoms with Crippen LogP contribution < -0.4 is 4.72 Å². The van der Waals surface area contributed by atoms with Crippen molar-refractivity contribution in [1.82, 2.24) is 24.9 Å². The summed E-state index contributed by atoms with van der Waals surface area (Å²) in [5.74, 6) is -0.794. The quantitative estimate of drug-likeness (QED) is 0.747. The highest BCUT2D eigenvalue weighted by molar-refractivity contribution is 7.90. The third-order valence-corrected chi connectivity index (χ3v) is 4.75. The predicted octanol–water partition coefficient (Wildman–Crippen LogP) is 0.991. The molecule has 0 saturated heterocycles. The Morgan fingerprint density at radius 3 is 2.54 bits per heavy atom. The summed E-state index contributed by atoms with van der Waals surface area (Å²) >= 11 is 0. The Hall–Kier alpha value is -3.01. The number of rotatable bonds is 4. The summed E-state index contributed by atoms with van der Waals surface area (Å²) in [7, 11) is -4.11. The number of amides is 1.